The second-order valence-corrected chi connectivity index (χ2v) is 6.74. The van der Waals surface area contributed by atoms with E-state index in [2.05, 4.69) is 15.3 Å². The molecule has 4 aromatic rings. The Balaban J connectivity index is 1.67. The van der Waals surface area contributed by atoms with Gasteiger partial charge in [-0.25, -0.2) is 14.6 Å². The van der Waals surface area contributed by atoms with Crippen molar-refractivity contribution in [2.45, 2.75) is 19.9 Å². The van der Waals surface area contributed by atoms with Crippen LogP contribution in [-0.2, 0) is 0 Å². The van der Waals surface area contributed by atoms with E-state index in [0.29, 0.717) is 22.7 Å². The summed E-state index contributed by atoms with van der Waals surface area (Å²) in [5.41, 5.74) is 9.73. The van der Waals surface area contributed by atoms with Crippen LogP contribution in [0.25, 0.3) is 22.3 Å². The first-order valence-corrected chi connectivity index (χ1v) is 9.00. The fraction of sp³-hybridized carbons (Fsp3) is 0.143. The van der Waals surface area contributed by atoms with Crippen molar-refractivity contribution in [2.24, 2.45) is 0 Å². The van der Waals surface area contributed by atoms with Crippen molar-refractivity contribution in [2.75, 3.05) is 11.1 Å². The normalized spacial score (nSPS) is 11.1. The number of hydrogen-bond donors (Lipinski definition) is 2. The molecule has 0 spiro atoms. The molecule has 0 saturated carbocycles. The van der Waals surface area contributed by atoms with E-state index in [1.165, 1.54) is 6.33 Å². The predicted octanol–water partition coefficient (Wildman–Crippen LogP) is 3.91. The number of nitrogens with two attached hydrogens (primary N) is 1. The van der Waals surface area contributed by atoms with Crippen LogP contribution in [0.15, 0.2) is 60.9 Å². The van der Waals surface area contributed by atoms with Gasteiger partial charge in [-0.2, -0.15) is 5.10 Å². The van der Waals surface area contributed by atoms with Gasteiger partial charge in [0.25, 0.3) is 5.91 Å². The van der Waals surface area contributed by atoms with Crippen LogP contribution in [-0.4, -0.2) is 25.7 Å². The summed E-state index contributed by atoms with van der Waals surface area (Å²) >= 11 is 0. The highest BCUT2D eigenvalue weighted by Gasteiger charge is 2.18. The minimum atomic E-state index is -0.152. The van der Waals surface area contributed by atoms with Crippen LogP contribution in [0.3, 0.4) is 0 Å². The zero-order chi connectivity index (χ0) is 19.7. The summed E-state index contributed by atoms with van der Waals surface area (Å²) in [7, 11) is 0. The van der Waals surface area contributed by atoms with Crippen LogP contribution in [0.5, 0.6) is 0 Å². The summed E-state index contributed by atoms with van der Waals surface area (Å²) in [4.78, 5) is 20.8. The molecule has 0 aliphatic carbocycles. The number of benzene rings is 2. The topological polar surface area (TPSA) is 98.7 Å². The molecule has 0 saturated heterocycles. The lowest BCUT2D eigenvalue weighted by Gasteiger charge is -2.06. The van der Waals surface area contributed by atoms with Gasteiger partial charge in [-0.1, -0.05) is 30.3 Å². The standard InChI is InChI=1S/C21H20N6O/c1-13(2)27-20-17(19(22)23-12-24-20)18(26-27)14-8-10-16(11-9-14)25-21(28)15-6-4-3-5-7-15/h3-13H,1-2H3,(H,25,28)(H2,22,23,24). The number of anilines is 2. The van der Waals surface area contributed by atoms with E-state index in [0.717, 1.165) is 16.6 Å². The first-order valence-electron chi connectivity index (χ1n) is 9.00. The molecule has 0 atom stereocenters. The van der Waals surface area contributed by atoms with E-state index < -0.39 is 0 Å². The molecule has 0 fully saturated rings. The average Bonchev–Trinajstić information content (AvgIpc) is 3.10. The number of rotatable bonds is 4. The summed E-state index contributed by atoms with van der Waals surface area (Å²) in [6, 6.07) is 16.7. The maximum absolute atomic E-state index is 12.3. The quantitative estimate of drug-likeness (QED) is 0.566. The van der Waals surface area contributed by atoms with Crippen LogP contribution in [0.2, 0.25) is 0 Å². The molecule has 140 valence electrons. The van der Waals surface area contributed by atoms with Crippen molar-refractivity contribution < 1.29 is 4.79 Å². The lowest BCUT2D eigenvalue weighted by Crippen LogP contribution is -2.11. The van der Waals surface area contributed by atoms with E-state index in [4.69, 9.17) is 10.8 Å². The Morgan fingerprint density at radius 1 is 1.04 bits per heavy atom. The number of amides is 1. The maximum Gasteiger partial charge on any atom is 0.255 e. The fourth-order valence-corrected chi connectivity index (χ4v) is 3.06. The second-order valence-electron chi connectivity index (χ2n) is 6.74. The Kier molecular flexibility index (Phi) is 4.49. The summed E-state index contributed by atoms with van der Waals surface area (Å²) in [6.07, 6.45) is 1.45. The summed E-state index contributed by atoms with van der Waals surface area (Å²) in [6.45, 7) is 4.08. The zero-order valence-corrected chi connectivity index (χ0v) is 15.6. The van der Waals surface area contributed by atoms with Gasteiger partial charge in [0.15, 0.2) is 5.65 Å². The predicted molar refractivity (Wildman–Crippen MR) is 110 cm³/mol. The summed E-state index contributed by atoms with van der Waals surface area (Å²) < 4.78 is 1.84. The fourth-order valence-electron chi connectivity index (χ4n) is 3.06. The third kappa shape index (κ3) is 3.18. The largest absolute Gasteiger partial charge is 0.383 e. The first kappa shape index (κ1) is 17.7. The molecule has 28 heavy (non-hydrogen) atoms. The van der Waals surface area contributed by atoms with Gasteiger partial charge in [0.2, 0.25) is 0 Å². The molecule has 0 aliphatic heterocycles. The Hall–Kier alpha value is -3.74. The molecule has 2 heterocycles. The molecular formula is C21H20N6O. The van der Waals surface area contributed by atoms with Crippen molar-refractivity contribution in [3.05, 3.63) is 66.5 Å². The van der Waals surface area contributed by atoms with Crippen molar-refractivity contribution in [1.29, 1.82) is 0 Å². The molecule has 0 radical (unpaired) electrons. The first-order chi connectivity index (χ1) is 13.5. The van der Waals surface area contributed by atoms with Gasteiger partial charge in [-0.3, -0.25) is 4.79 Å². The molecule has 0 aliphatic rings. The number of nitrogen functional groups attached to an aromatic ring is 1. The summed E-state index contributed by atoms with van der Waals surface area (Å²) in [5.74, 6) is 0.244. The van der Waals surface area contributed by atoms with E-state index in [1.807, 2.05) is 61.0 Å². The van der Waals surface area contributed by atoms with Crippen molar-refractivity contribution >= 4 is 28.4 Å². The SMILES string of the molecule is CC(C)n1nc(-c2ccc(NC(=O)c3ccccc3)cc2)c2c(N)ncnc21. The molecule has 3 N–H and O–H groups in total. The number of aromatic nitrogens is 4. The molecule has 1 amide bonds. The number of carbonyl (C=O) groups excluding carboxylic acids is 1. The van der Waals surface area contributed by atoms with Gasteiger partial charge in [0.1, 0.15) is 17.8 Å². The van der Waals surface area contributed by atoms with E-state index in [-0.39, 0.29) is 11.9 Å². The van der Waals surface area contributed by atoms with Gasteiger partial charge in [0, 0.05) is 22.9 Å². The lowest BCUT2D eigenvalue weighted by atomic mass is 10.1. The Morgan fingerprint density at radius 3 is 2.43 bits per heavy atom. The van der Waals surface area contributed by atoms with Crippen LogP contribution < -0.4 is 11.1 Å². The van der Waals surface area contributed by atoms with Crippen LogP contribution in [0, 0.1) is 0 Å². The maximum atomic E-state index is 12.3. The minimum absolute atomic E-state index is 0.134. The third-order valence-electron chi connectivity index (χ3n) is 4.46. The molecule has 0 bridgehead atoms. The number of hydrogen-bond acceptors (Lipinski definition) is 5. The highest BCUT2D eigenvalue weighted by atomic mass is 16.1. The molecular weight excluding hydrogens is 352 g/mol. The number of fused-ring (bicyclic) bond motifs is 1. The van der Waals surface area contributed by atoms with Crippen molar-refractivity contribution in [3.8, 4) is 11.3 Å². The molecule has 7 heteroatoms. The number of carbonyl (C=O) groups is 1. The molecule has 0 unspecified atom stereocenters. The second kappa shape index (κ2) is 7.11. The molecule has 7 nitrogen and oxygen atoms in total. The number of nitrogens with zero attached hydrogens (tertiary/aromatic N) is 4. The van der Waals surface area contributed by atoms with E-state index in [1.54, 1.807) is 12.1 Å². The van der Waals surface area contributed by atoms with Gasteiger partial charge in [0.05, 0.1) is 5.39 Å². The van der Waals surface area contributed by atoms with Gasteiger partial charge < -0.3 is 11.1 Å². The summed E-state index contributed by atoms with van der Waals surface area (Å²) in [5, 5.41) is 8.33. The van der Waals surface area contributed by atoms with Crippen LogP contribution >= 0.6 is 0 Å². The van der Waals surface area contributed by atoms with Crippen molar-refractivity contribution in [1.82, 2.24) is 19.7 Å². The average molecular weight is 372 g/mol. The lowest BCUT2D eigenvalue weighted by molar-refractivity contribution is 0.102. The number of nitrogens with one attached hydrogen (secondary N) is 1. The molecule has 4 rings (SSSR count). The van der Waals surface area contributed by atoms with E-state index >= 15 is 0 Å². The Morgan fingerprint density at radius 2 is 1.75 bits per heavy atom. The van der Waals surface area contributed by atoms with E-state index in [9.17, 15) is 4.79 Å². The molecule has 2 aromatic carbocycles. The minimum Gasteiger partial charge on any atom is -0.383 e. The highest BCUT2D eigenvalue weighted by molar-refractivity contribution is 6.04. The Bertz CT molecular complexity index is 1130. The van der Waals surface area contributed by atoms with Gasteiger partial charge in [-0.05, 0) is 38.1 Å². The highest BCUT2D eigenvalue weighted by Crippen LogP contribution is 2.32. The zero-order valence-electron chi connectivity index (χ0n) is 15.6. The smallest absolute Gasteiger partial charge is 0.255 e. The van der Waals surface area contributed by atoms with Crippen LogP contribution in [0.4, 0.5) is 11.5 Å². The van der Waals surface area contributed by atoms with Gasteiger partial charge in [-0.15, -0.1) is 0 Å². The van der Waals surface area contributed by atoms with Crippen molar-refractivity contribution in [3.63, 3.8) is 0 Å². The van der Waals surface area contributed by atoms with Gasteiger partial charge >= 0.3 is 0 Å². The monoisotopic (exact) mass is 372 g/mol. The molecule has 2 aromatic heterocycles. The van der Waals surface area contributed by atoms with Crippen LogP contribution in [0.1, 0.15) is 30.2 Å². The Labute approximate surface area is 162 Å². The third-order valence-corrected chi connectivity index (χ3v) is 4.46.